The van der Waals surface area contributed by atoms with Crippen LogP contribution < -0.4 is 15.3 Å². The summed E-state index contributed by atoms with van der Waals surface area (Å²) in [5.41, 5.74) is 1.43. The quantitative estimate of drug-likeness (QED) is 0.667. The van der Waals surface area contributed by atoms with Gasteiger partial charge in [0.15, 0.2) is 0 Å². The van der Waals surface area contributed by atoms with Crippen LogP contribution in [0.1, 0.15) is 13.8 Å². The Balaban J connectivity index is 2.06. The van der Waals surface area contributed by atoms with Crippen LogP contribution in [-0.2, 0) is 0 Å². The van der Waals surface area contributed by atoms with Crippen LogP contribution in [0.5, 0.6) is 5.75 Å². The van der Waals surface area contributed by atoms with Gasteiger partial charge in [0.05, 0.1) is 17.0 Å². The number of nitrogens with zero attached hydrogens (tertiary/aromatic N) is 1. The highest BCUT2D eigenvalue weighted by atomic mass is 16.6. The molecule has 2 aromatic rings. The van der Waals surface area contributed by atoms with Gasteiger partial charge in [-0.05, 0) is 38.1 Å². The molecule has 0 atom stereocenters. The van der Waals surface area contributed by atoms with Crippen molar-refractivity contribution in [2.24, 2.45) is 0 Å². The van der Waals surface area contributed by atoms with Crippen molar-refractivity contribution in [3.63, 3.8) is 0 Å². The van der Waals surface area contributed by atoms with Crippen molar-refractivity contribution in [1.29, 1.82) is 0 Å². The maximum Gasteiger partial charge on any atom is 0.339 e. The molecule has 1 aliphatic carbocycles. The van der Waals surface area contributed by atoms with E-state index in [1.165, 1.54) is 6.07 Å². The lowest BCUT2D eigenvalue weighted by atomic mass is 10.2. The minimum absolute atomic E-state index is 0.250. The Morgan fingerprint density at radius 3 is 2.54 bits per heavy atom. The summed E-state index contributed by atoms with van der Waals surface area (Å²) in [6.45, 7) is 5.84. The number of hydrogen-bond acceptors (Lipinski definition) is 5. The molecular weight excluding hydrogens is 306 g/mol. The number of aliphatic hydroxyl groups excluding tert-OH is 1. The van der Waals surface area contributed by atoms with Gasteiger partial charge in [0.25, 0.3) is 5.95 Å². The van der Waals surface area contributed by atoms with E-state index in [1.54, 1.807) is 24.3 Å². The van der Waals surface area contributed by atoms with E-state index >= 15 is 0 Å². The summed E-state index contributed by atoms with van der Waals surface area (Å²) in [4.78, 5) is 14.0. The van der Waals surface area contributed by atoms with Crippen molar-refractivity contribution in [2.75, 3.05) is 18.0 Å². The fourth-order valence-electron chi connectivity index (χ4n) is 2.67. The zero-order chi connectivity index (χ0) is 17.1. The molecule has 24 heavy (non-hydrogen) atoms. The zero-order valence-corrected chi connectivity index (χ0v) is 13.7. The van der Waals surface area contributed by atoms with Gasteiger partial charge in [-0.2, -0.15) is 0 Å². The first-order chi connectivity index (χ1) is 11.6. The number of fused-ring (bicyclic) bond motifs is 1. The molecule has 0 unspecified atom stereocenters. The molecule has 1 N–H and O–H groups in total. The Morgan fingerprint density at radius 1 is 1.17 bits per heavy atom. The molecule has 0 fully saturated rings. The largest absolute Gasteiger partial charge is 0.480 e. The molecule has 0 aliphatic heterocycles. The summed E-state index contributed by atoms with van der Waals surface area (Å²) in [5, 5.41) is 10.7. The third-order valence-corrected chi connectivity index (χ3v) is 3.93. The predicted octanol–water partition coefficient (Wildman–Crippen LogP) is 3.91. The van der Waals surface area contributed by atoms with Crippen LogP contribution in [0.4, 0.5) is 5.69 Å². The molecule has 124 valence electrons. The molecule has 1 aliphatic rings. The smallest absolute Gasteiger partial charge is 0.339 e. The van der Waals surface area contributed by atoms with Crippen molar-refractivity contribution in [2.45, 2.75) is 13.8 Å². The Hall–Kier alpha value is -2.95. The molecule has 0 saturated heterocycles. The number of aliphatic hydroxyl groups is 1. The lowest BCUT2D eigenvalue weighted by molar-refractivity contribution is 0.207. The Labute approximate surface area is 139 Å². The van der Waals surface area contributed by atoms with Crippen LogP contribution in [-0.4, -0.2) is 18.2 Å². The van der Waals surface area contributed by atoms with E-state index in [1.807, 2.05) is 18.2 Å². The molecule has 1 heterocycles. The minimum Gasteiger partial charge on any atom is -0.480 e. The highest BCUT2D eigenvalue weighted by molar-refractivity contribution is 5.86. The second kappa shape index (κ2) is 6.66. The topological polar surface area (TPSA) is 62.9 Å². The average molecular weight is 325 g/mol. The maximum atomic E-state index is 11.8. The number of rotatable bonds is 5. The van der Waals surface area contributed by atoms with Crippen molar-refractivity contribution in [3.8, 4) is 5.75 Å². The van der Waals surface area contributed by atoms with Crippen molar-refractivity contribution >= 4 is 16.7 Å². The van der Waals surface area contributed by atoms with Crippen LogP contribution in [0, 0.1) is 0 Å². The van der Waals surface area contributed by atoms with E-state index in [9.17, 15) is 9.90 Å². The number of anilines is 1. The van der Waals surface area contributed by atoms with Crippen molar-refractivity contribution < 1.29 is 14.3 Å². The van der Waals surface area contributed by atoms with Crippen LogP contribution in [0.2, 0.25) is 0 Å². The van der Waals surface area contributed by atoms with Gasteiger partial charge in [0.1, 0.15) is 11.3 Å². The van der Waals surface area contributed by atoms with E-state index in [4.69, 9.17) is 9.15 Å². The highest BCUT2D eigenvalue weighted by Gasteiger charge is 2.13. The van der Waals surface area contributed by atoms with E-state index in [-0.39, 0.29) is 11.7 Å². The zero-order valence-electron chi connectivity index (χ0n) is 13.7. The molecule has 0 saturated carbocycles. The van der Waals surface area contributed by atoms with Gasteiger partial charge in [-0.25, -0.2) is 4.79 Å². The van der Waals surface area contributed by atoms with Crippen molar-refractivity contribution in [3.05, 3.63) is 70.5 Å². The highest BCUT2D eigenvalue weighted by Crippen LogP contribution is 2.29. The van der Waals surface area contributed by atoms with Gasteiger partial charge in [0, 0.05) is 24.8 Å². The second-order valence-electron chi connectivity index (χ2n) is 5.36. The first-order valence-electron chi connectivity index (χ1n) is 7.91. The standard InChI is InChI=1S/C19H19NO4/c1-3-20(4-2)14-9-10-15-16(11-14)23-18(21)12-17(15)24-19(22)13-7-5-6-8-13/h5-12,22H,3-4H2,1-2H3. The fourth-order valence-corrected chi connectivity index (χ4v) is 2.67. The van der Waals surface area contributed by atoms with Crippen LogP contribution in [0.15, 0.2) is 69.3 Å². The lowest BCUT2D eigenvalue weighted by Crippen LogP contribution is -2.21. The van der Waals surface area contributed by atoms with Gasteiger partial charge in [-0.15, -0.1) is 0 Å². The van der Waals surface area contributed by atoms with Gasteiger partial charge in [-0.3, -0.25) is 0 Å². The first-order valence-corrected chi connectivity index (χ1v) is 7.91. The predicted molar refractivity (Wildman–Crippen MR) is 94.6 cm³/mol. The molecule has 0 spiro atoms. The number of hydrogen-bond donors (Lipinski definition) is 1. The van der Waals surface area contributed by atoms with E-state index in [0.717, 1.165) is 18.8 Å². The van der Waals surface area contributed by atoms with Crippen LogP contribution in [0.25, 0.3) is 11.0 Å². The number of allylic oxidation sites excluding steroid dienone is 5. The molecule has 5 heteroatoms. The SMILES string of the molecule is CCN(CC)c1ccc2c(OC(O)=C3C=CC=C3)cc(=O)oc2c1. The van der Waals surface area contributed by atoms with E-state index < -0.39 is 5.63 Å². The third-order valence-electron chi connectivity index (χ3n) is 3.93. The summed E-state index contributed by atoms with van der Waals surface area (Å²) in [5.74, 6) is 0.0192. The summed E-state index contributed by atoms with van der Waals surface area (Å²) >= 11 is 0. The van der Waals surface area contributed by atoms with E-state index in [0.29, 0.717) is 16.5 Å². The summed E-state index contributed by atoms with van der Waals surface area (Å²) in [6, 6.07) is 6.83. The Morgan fingerprint density at radius 2 is 1.88 bits per heavy atom. The van der Waals surface area contributed by atoms with Gasteiger partial charge in [-0.1, -0.05) is 12.2 Å². The Bertz CT molecular complexity index is 887. The molecule has 1 aromatic carbocycles. The molecule has 0 radical (unpaired) electrons. The molecule has 1 aromatic heterocycles. The first kappa shape index (κ1) is 15.9. The van der Waals surface area contributed by atoms with Crippen LogP contribution in [0.3, 0.4) is 0 Å². The summed E-state index contributed by atoms with van der Waals surface area (Å²) < 4.78 is 10.8. The maximum absolute atomic E-state index is 11.8. The second-order valence-corrected chi connectivity index (χ2v) is 5.36. The Kier molecular flexibility index (Phi) is 4.42. The average Bonchev–Trinajstić information content (AvgIpc) is 3.10. The fraction of sp³-hybridized carbons (Fsp3) is 0.211. The molecule has 3 rings (SSSR count). The van der Waals surface area contributed by atoms with Gasteiger partial charge < -0.3 is 19.2 Å². The normalized spacial score (nSPS) is 12.8. The number of benzene rings is 1. The third kappa shape index (κ3) is 3.06. The van der Waals surface area contributed by atoms with Crippen molar-refractivity contribution in [1.82, 2.24) is 0 Å². The van der Waals surface area contributed by atoms with E-state index in [2.05, 4.69) is 18.7 Å². The lowest BCUT2D eigenvalue weighted by Gasteiger charge is -2.21. The summed E-state index contributed by atoms with van der Waals surface area (Å²) in [6.07, 6.45) is 7.04. The summed E-state index contributed by atoms with van der Waals surface area (Å²) in [7, 11) is 0. The monoisotopic (exact) mass is 325 g/mol. The van der Waals surface area contributed by atoms with Gasteiger partial charge >= 0.3 is 5.63 Å². The molecule has 0 bridgehead atoms. The molecule has 5 nitrogen and oxygen atoms in total. The minimum atomic E-state index is -0.524. The molecule has 0 amide bonds. The van der Waals surface area contributed by atoms with Crippen LogP contribution >= 0.6 is 0 Å². The van der Waals surface area contributed by atoms with Gasteiger partial charge in [0.2, 0.25) is 0 Å². The number of ether oxygens (including phenoxy) is 1. The molecular formula is C19H19NO4.